The predicted molar refractivity (Wildman–Crippen MR) is 117 cm³/mol. The molecule has 2 aromatic carbocycles. The molecule has 15 heteroatoms. The molecule has 36 heavy (non-hydrogen) atoms. The Morgan fingerprint density at radius 2 is 1.86 bits per heavy atom. The summed E-state index contributed by atoms with van der Waals surface area (Å²) in [6.45, 7) is 3.58. The Balaban J connectivity index is 1.62. The minimum absolute atomic E-state index is 0.0963. The van der Waals surface area contributed by atoms with Gasteiger partial charge in [-0.05, 0) is 24.3 Å². The first-order valence-electron chi connectivity index (χ1n) is 10.0. The molecule has 0 aliphatic carbocycles. The summed E-state index contributed by atoms with van der Waals surface area (Å²) in [6, 6.07) is 5.74. The van der Waals surface area contributed by atoms with E-state index in [1.54, 1.807) is 0 Å². The van der Waals surface area contributed by atoms with Crippen LogP contribution in [-0.2, 0) is 19.9 Å². The summed E-state index contributed by atoms with van der Waals surface area (Å²) in [5.41, 5.74) is 0.636. The van der Waals surface area contributed by atoms with Crippen molar-refractivity contribution in [1.82, 2.24) is 4.98 Å². The lowest BCUT2D eigenvalue weighted by molar-refractivity contribution is -0.271. The van der Waals surface area contributed by atoms with Gasteiger partial charge in [0.1, 0.15) is 29.6 Å². The minimum Gasteiger partial charge on any atom is -0.479 e. The molecule has 3 aromatic rings. The van der Waals surface area contributed by atoms with Gasteiger partial charge in [-0.3, -0.25) is 4.55 Å². The van der Waals surface area contributed by atoms with Crippen molar-refractivity contribution in [2.24, 2.45) is 0 Å². The standard InChI is InChI=1S/C21H18FNO12S/c1-2-8-5-10(35-36(29,30)31)7-12-17(8)33-19(23-12)9-3-4-13(11(22)6-9)32-21-16(26)14(24)15(25)18(34-21)20(27)28/h2-7,14-16,18,21,24-26H,1H2,(H,27,28)(H,29,30,31)/t14-,15-,16+,18-,21+/m0/s1. The number of ether oxygens (including phenoxy) is 2. The van der Waals surface area contributed by atoms with Gasteiger partial charge >= 0.3 is 16.4 Å². The number of aliphatic hydroxyl groups is 3. The SMILES string of the molecule is C=Cc1cc(OS(=O)(=O)O)cc2nc(-c3ccc(O[C@@H]4O[C@H](C(=O)O)[C@@H](O)[C@H](O)[C@H]4O)c(F)c3)oc12. The molecular weight excluding hydrogens is 509 g/mol. The Labute approximate surface area is 201 Å². The molecule has 0 spiro atoms. The summed E-state index contributed by atoms with van der Waals surface area (Å²) in [5, 5.41) is 38.7. The average molecular weight is 527 g/mol. The highest BCUT2D eigenvalue weighted by atomic mass is 32.3. The lowest BCUT2D eigenvalue weighted by Crippen LogP contribution is -2.61. The molecule has 1 aliphatic rings. The van der Waals surface area contributed by atoms with E-state index in [9.17, 15) is 32.9 Å². The molecule has 0 amide bonds. The maximum absolute atomic E-state index is 14.8. The van der Waals surface area contributed by atoms with E-state index in [1.165, 1.54) is 18.2 Å². The third-order valence-electron chi connectivity index (χ3n) is 5.15. The fourth-order valence-electron chi connectivity index (χ4n) is 3.48. The van der Waals surface area contributed by atoms with Crippen molar-refractivity contribution in [3.05, 3.63) is 48.3 Å². The van der Waals surface area contributed by atoms with E-state index in [0.717, 1.165) is 18.2 Å². The molecule has 4 rings (SSSR count). The number of rotatable bonds is 7. The Hall–Kier alpha value is -3.60. The molecule has 0 saturated carbocycles. The van der Waals surface area contributed by atoms with Gasteiger partial charge < -0.3 is 38.5 Å². The molecule has 13 nitrogen and oxygen atoms in total. The Bertz CT molecular complexity index is 1440. The summed E-state index contributed by atoms with van der Waals surface area (Å²) in [7, 11) is -4.80. The van der Waals surface area contributed by atoms with E-state index in [-0.39, 0.29) is 33.9 Å². The molecule has 1 fully saturated rings. The molecule has 1 saturated heterocycles. The second kappa shape index (κ2) is 9.45. The number of aliphatic hydroxyl groups excluding tert-OH is 3. The zero-order chi connectivity index (χ0) is 26.4. The van der Waals surface area contributed by atoms with Gasteiger partial charge in [-0.15, -0.1) is 0 Å². The number of aliphatic carboxylic acids is 1. The second-order valence-corrected chi connectivity index (χ2v) is 8.62. The summed E-state index contributed by atoms with van der Waals surface area (Å²) in [5.74, 6) is -3.48. The highest BCUT2D eigenvalue weighted by Crippen LogP contribution is 2.33. The molecule has 2 heterocycles. The average Bonchev–Trinajstić information content (AvgIpc) is 3.22. The Morgan fingerprint density at radius 1 is 1.14 bits per heavy atom. The van der Waals surface area contributed by atoms with Gasteiger partial charge in [0.15, 0.2) is 23.3 Å². The highest BCUT2D eigenvalue weighted by Gasteiger charge is 2.48. The van der Waals surface area contributed by atoms with Crippen LogP contribution in [-0.4, -0.2) is 75.1 Å². The van der Waals surface area contributed by atoms with E-state index >= 15 is 0 Å². The third kappa shape index (κ3) is 5.01. The summed E-state index contributed by atoms with van der Waals surface area (Å²) in [6.07, 6.45) is -8.18. The number of halogens is 1. The lowest BCUT2D eigenvalue weighted by atomic mass is 9.99. The normalized spacial score (nSPS) is 24.4. The van der Waals surface area contributed by atoms with Gasteiger partial charge in [0, 0.05) is 17.2 Å². The first-order valence-corrected chi connectivity index (χ1v) is 11.4. The number of carboxylic acids is 1. The fourth-order valence-corrected chi connectivity index (χ4v) is 3.82. The van der Waals surface area contributed by atoms with E-state index in [2.05, 4.69) is 15.7 Å². The van der Waals surface area contributed by atoms with Crippen molar-refractivity contribution < 1.29 is 60.7 Å². The zero-order valence-electron chi connectivity index (χ0n) is 17.9. The van der Waals surface area contributed by atoms with Crippen LogP contribution in [0.25, 0.3) is 28.6 Å². The van der Waals surface area contributed by atoms with Crippen molar-refractivity contribution in [3.8, 4) is 23.0 Å². The van der Waals surface area contributed by atoms with Crippen LogP contribution < -0.4 is 8.92 Å². The smallest absolute Gasteiger partial charge is 0.446 e. The van der Waals surface area contributed by atoms with Crippen LogP contribution in [0.15, 0.2) is 41.3 Å². The number of benzene rings is 2. The van der Waals surface area contributed by atoms with Crippen molar-refractivity contribution in [1.29, 1.82) is 0 Å². The number of carbonyl (C=O) groups is 1. The molecule has 0 radical (unpaired) electrons. The Morgan fingerprint density at radius 3 is 2.47 bits per heavy atom. The number of oxazole rings is 1. The first kappa shape index (κ1) is 25.5. The summed E-state index contributed by atoms with van der Waals surface area (Å²) in [4.78, 5) is 15.4. The number of hydrogen-bond acceptors (Lipinski definition) is 11. The molecule has 1 aromatic heterocycles. The monoisotopic (exact) mass is 527 g/mol. The van der Waals surface area contributed by atoms with Crippen LogP contribution >= 0.6 is 0 Å². The molecule has 192 valence electrons. The van der Waals surface area contributed by atoms with Crippen LogP contribution in [0.5, 0.6) is 11.5 Å². The van der Waals surface area contributed by atoms with Crippen LogP contribution in [0.4, 0.5) is 4.39 Å². The van der Waals surface area contributed by atoms with Gasteiger partial charge in [0.2, 0.25) is 12.2 Å². The predicted octanol–water partition coefficient (Wildman–Crippen LogP) is 0.729. The minimum atomic E-state index is -4.80. The van der Waals surface area contributed by atoms with Crippen molar-refractivity contribution in [2.45, 2.75) is 30.7 Å². The molecular formula is C21H18FNO12S. The van der Waals surface area contributed by atoms with Crippen molar-refractivity contribution in [2.75, 3.05) is 0 Å². The second-order valence-electron chi connectivity index (χ2n) is 7.59. The van der Waals surface area contributed by atoms with Crippen molar-refractivity contribution >= 4 is 33.5 Å². The summed E-state index contributed by atoms with van der Waals surface area (Å²) < 4.78 is 66.0. The van der Waals surface area contributed by atoms with Crippen LogP contribution in [0.2, 0.25) is 0 Å². The fraction of sp³-hybridized carbons (Fsp3) is 0.238. The third-order valence-corrected chi connectivity index (χ3v) is 5.55. The molecule has 1 aliphatic heterocycles. The van der Waals surface area contributed by atoms with Gasteiger partial charge in [-0.2, -0.15) is 8.42 Å². The zero-order valence-corrected chi connectivity index (χ0v) is 18.7. The maximum Gasteiger partial charge on any atom is 0.446 e. The molecule has 0 bridgehead atoms. The number of nitrogens with zero attached hydrogens (tertiary/aromatic N) is 1. The summed E-state index contributed by atoms with van der Waals surface area (Å²) >= 11 is 0. The van der Waals surface area contributed by atoms with Gasteiger partial charge in [-0.1, -0.05) is 12.7 Å². The Kier molecular flexibility index (Phi) is 6.70. The van der Waals surface area contributed by atoms with Crippen LogP contribution in [0.3, 0.4) is 0 Å². The van der Waals surface area contributed by atoms with Gasteiger partial charge in [-0.25, -0.2) is 14.2 Å². The van der Waals surface area contributed by atoms with E-state index < -0.39 is 58.6 Å². The molecule has 5 N–H and O–H groups in total. The van der Waals surface area contributed by atoms with Crippen LogP contribution in [0, 0.1) is 5.82 Å². The molecule has 0 unspecified atom stereocenters. The van der Waals surface area contributed by atoms with Crippen molar-refractivity contribution in [3.63, 3.8) is 0 Å². The van der Waals surface area contributed by atoms with Gasteiger partial charge in [0.05, 0.1) is 0 Å². The van der Waals surface area contributed by atoms with E-state index in [1.807, 2.05) is 0 Å². The highest BCUT2D eigenvalue weighted by molar-refractivity contribution is 7.81. The van der Waals surface area contributed by atoms with Gasteiger partial charge in [0.25, 0.3) is 0 Å². The number of hydrogen-bond donors (Lipinski definition) is 5. The van der Waals surface area contributed by atoms with E-state index in [4.69, 9.17) is 23.6 Å². The number of carboxylic acid groups (broad SMARTS) is 1. The topological polar surface area (TPSA) is 206 Å². The maximum atomic E-state index is 14.8. The van der Waals surface area contributed by atoms with E-state index in [0.29, 0.717) is 0 Å². The number of aromatic nitrogens is 1. The quantitative estimate of drug-likeness (QED) is 0.269. The lowest BCUT2D eigenvalue weighted by Gasteiger charge is -2.38. The number of fused-ring (bicyclic) bond motifs is 1. The van der Waals surface area contributed by atoms with Crippen LogP contribution in [0.1, 0.15) is 5.56 Å². The first-order chi connectivity index (χ1) is 16.9. The largest absolute Gasteiger partial charge is 0.479 e. The molecule has 5 atom stereocenters.